The van der Waals surface area contributed by atoms with Gasteiger partial charge in [-0.1, -0.05) is 158 Å². The van der Waals surface area contributed by atoms with Crippen LogP contribution in [0.25, 0.3) is 100 Å². The van der Waals surface area contributed by atoms with E-state index in [-0.39, 0.29) is 0 Å². The van der Waals surface area contributed by atoms with Crippen molar-refractivity contribution in [2.45, 2.75) is 0 Å². The van der Waals surface area contributed by atoms with Crippen LogP contribution in [0.15, 0.2) is 200 Å². The van der Waals surface area contributed by atoms with E-state index in [9.17, 15) is 0 Å². The van der Waals surface area contributed by atoms with E-state index in [0.29, 0.717) is 17.5 Å². The van der Waals surface area contributed by atoms with Crippen LogP contribution >= 0.6 is 0 Å². The van der Waals surface area contributed by atoms with Gasteiger partial charge in [-0.15, -0.1) is 0 Å². The summed E-state index contributed by atoms with van der Waals surface area (Å²) in [6, 6.07) is 70.5. The minimum absolute atomic E-state index is 0.631. The zero-order valence-electron chi connectivity index (χ0n) is 30.3. The maximum Gasteiger partial charge on any atom is 0.164 e. The van der Waals surface area contributed by atoms with Crippen molar-refractivity contribution >= 4 is 43.6 Å². The number of nitrogens with zero attached hydrogens (tertiary/aromatic N) is 5. The molecule has 0 saturated carbocycles. The van der Waals surface area contributed by atoms with Crippen LogP contribution in [0.2, 0.25) is 0 Å². The minimum Gasteiger partial charge on any atom is -0.309 e. The highest BCUT2D eigenvalue weighted by molar-refractivity contribution is 6.14. The van der Waals surface area contributed by atoms with Crippen molar-refractivity contribution in [1.82, 2.24) is 24.1 Å². The fourth-order valence-corrected chi connectivity index (χ4v) is 8.19. The Morgan fingerprint density at radius 1 is 0.286 bits per heavy atom. The Morgan fingerprint density at radius 2 is 0.679 bits per heavy atom. The molecule has 0 N–H and O–H groups in total. The molecule has 0 unspecified atom stereocenters. The summed E-state index contributed by atoms with van der Waals surface area (Å²) in [4.78, 5) is 14.9. The smallest absolute Gasteiger partial charge is 0.164 e. The van der Waals surface area contributed by atoms with Crippen LogP contribution in [0.4, 0.5) is 0 Å². The van der Waals surface area contributed by atoms with Gasteiger partial charge in [-0.2, -0.15) is 0 Å². The molecule has 56 heavy (non-hydrogen) atoms. The number of aromatic nitrogens is 5. The van der Waals surface area contributed by atoms with Gasteiger partial charge < -0.3 is 9.13 Å². The Hall–Kier alpha value is -7.63. The molecule has 5 heteroatoms. The largest absolute Gasteiger partial charge is 0.309 e. The van der Waals surface area contributed by atoms with Gasteiger partial charge in [0, 0.05) is 49.5 Å². The number of hydrogen-bond acceptors (Lipinski definition) is 3. The Labute approximate surface area is 323 Å². The van der Waals surface area contributed by atoms with Crippen molar-refractivity contribution in [3.63, 3.8) is 0 Å². The van der Waals surface area contributed by atoms with Gasteiger partial charge in [0.15, 0.2) is 17.5 Å². The van der Waals surface area contributed by atoms with Crippen LogP contribution in [-0.4, -0.2) is 24.1 Å². The van der Waals surface area contributed by atoms with E-state index in [0.717, 1.165) is 44.7 Å². The van der Waals surface area contributed by atoms with Gasteiger partial charge in [0.05, 0.1) is 27.8 Å². The van der Waals surface area contributed by atoms with E-state index in [2.05, 4.69) is 149 Å². The van der Waals surface area contributed by atoms with Crippen LogP contribution in [0, 0.1) is 0 Å². The molecule has 0 fully saturated rings. The number of rotatable bonds is 6. The normalized spacial score (nSPS) is 11.6. The molecule has 0 aliphatic heterocycles. The molecule has 8 aromatic carbocycles. The van der Waals surface area contributed by atoms with Crippen molar-refractivity contribution in [1.29, 1.82) is 0 Å². The summed E-state index contributed by atoms with van der Waals surface area (Å²) in [7, 11) is 0. The van der Waals surface area contributed by atoms with E-state index < -0.39 is 0 Å². The summed E-state index contributed by atoms with van der Waals surface area (Å²) in [5, 5.41) is 4.88. The third-order valence-electron chi connectivity index (χ3n) is 10.8. The molecule has 0 aliphatic rings. The highest BCUT2D eigenvalue weighted by Crippen LogP contribution is 2.42. The molecule has 0 spiro atoms. The summed E-state index contributed by atoms with van der Waals surface area (Å²) in [6.45, 7) is 0. The van der Waals surface area contributed by atoms with Gasteiger partial charge in [-0.25, -0.2) is 15.0 Å². The summed E-state index contributed by atoms with van der Waals surface area (Å²) < 4.78 is 4.82. The maximum absolute atomic E-state index is 5.01. The monoisotopic (exact) mass is 715 g/mol. The van der Waals surface area contributed by atoms with Gasteiger partial charge >= 0.3 is 0 Å². The molecule has 3 aromatic heterocycles. The Balaban J connectivity index is 1.16. The Kier molecular flexibility index (Phi) is 7.42. The summed E-state index contributed by atoms with van der Waals surface area (Å²) in [5.74, 6) is 1.92. The minimum atomic E-state index is 0.631. The van der Waals surface area contributed by atoms with Crippen molar-refractivity contribution in [3.05, 3.63) is 200 Å². The highest BCUT2D eigenvalue weighted by atomic mass is 15.0. The van der Waals surface area contributed by atoms with Crippen LogP contribution in [-0.2, 0) is 0 Å². The molecular formula is C51H33N5. The second-order valence-corrected chi connectivity index (χ2v) is 14.1. The predicted octanol–water partition coefficient (Wildman–Crippen LogP) is 12.7. The van der Waals surface area contributed by atoms with E-state index in [1.165, 1.54) is 38.1 Å². The summed E-state index contributed by atoms with van der Waals surface area (Å²) >= 11 is 0. The van der Waals surface area contributed by atoms with Crippen LogP contribution < -0.4 is 0 Å². The molecule has 3 heterocycles. The van der Waals surface area contributed by atoms with E-state index in [4.69, 9.17) is 15.0 Å². The molecule has 262 valence electrons. The first-order valence-electron chi connectivity index (χ1n) is 18.9. The molecule has 0 bridgehead atoms. The average molecular weight is 716 g/mol. The van der Waals surface area contributed by atoms with Crippen molar-refractivity contribution in [3.8, 4) is 56.7 Å². The lowest BCUT2D eigenvalue weighted by molar-refractivity contribution is 1.07. The van der Waals surface area contributed by atoms with Crippen LogP contribution in [0.1, 0.15) is 0 Å². The molecule has 11 aromatic rings. The fraction of sp³-hybridized carbons (Fsp3) is 0. The summed E-state index contributed by atoms with van der Waals surface area (Å²) in [6.07, 6.45) is 0. The van der Waals surface area contributed by atoms with Gasteiger partial charge in [0.25, 0.3) is 0 Å². The van der Waals surface area contributed by atoms with Gasteiger partial charge in [0.1, 0.15) is 0 Å². The molecule has 11 rings (SSSR count). The van der Waals surface area contributed by atoms with E-state index in [1.54, 1.807) is 0 Å². The lowest BCUT2D eigenvalue weighted by Gasteiger charge is -2.16. The SMILES string of the molecule is c1ccc(-c2nc(-c3ccccc3)nc(-c3ccc(-c4cc5c(cc4-n4c6ccccc6c6ccccc64)c4ccccc4n5-c4ccccc4)cc3)n2)cc1. The first-order valence-corrected chi connectivity index (χ1v) is 18.9. The number of hydrogen-bond donors (Lipinski definition) is 0. The third kappa shape index (κ3) is 5.21. The second kappa shape index (κ2) is 13.0. The molecule has 0 radical (unpaired) electrons. The van der Waals surface area contributed by atoms with E-state index >= 15 is 0 Å². The third-order valence-corrected chi connectivity index (χ3v) is 10.8. The number of benzene rings is 8. The zero-order chi connectivity index (χ0) is 37.0. The molecule has 5 nitrogen and oxygen atoms in total. The Morgan fingerprint density at radius 3 is 1.20 bits per heavy atom. The second-order valence-electron chi connectivity index (χ2n) is 14.1. The predicted molar refractivity (Wildman–Crippen MR) is 230 cm³/mol. The molecule has 0 amide bonds. The Bertz CT molecular complexity index is 3110. The number of fused-ring (bicyclic) bond motifs is 6. The lowest BCUT2D eigenvalue weighted by atomic mass is 9.99. The molecule has 0 aliphatic carbocycles. The van der Waals surface area contributed by atoms with Gasteiger partial charge in [-0.3, -0.25) is 0 Å². The van der Waals surface area contributed by atoms with Crippen LogP contribution in [0.5, 0.6) is 0 Å². The topological polar surface area (TPSA) is 48.5 Å². The highest BCUT2D eigenvalue weighted by Gasteiger charge is 2.21. The number of para-hydroxylation sites is 4. The van der Waals surface area contributed by atoms with Gasteiger partial charge in [-0.05, 0) is 48.0 Å². The summed E-state index contributed by atoms with van der Waals surface area (Å²) in [5.41, 5.74) is 12.0. The van der Waals surface area contributed by atoms with Gasteiger partial charge in [0.2, 0.25) is 0 Å². The zero-order valence-corrected chi connectivity index (χ0v) is 30.3. The first-order chi connectivity index (χ1) is 27.8. The molecule has 0 atom stereocenters. The van der Waals surface area contributed by atoms with Crippen LogP contribution in [0.3, 0.4) is 0 Å². The standard InChI is InChI=1S/C51H33N5/c1-4-16-35(17-5-1)49-52-50(36-18-6-2-7-19-36)54-51(53-49)37-30-28-34(29-31-37)42-32-48-43(41-24-12-13-25-44(41)55(48)38-20-8-3-9-21-38)33-47(42)56-45-26-14-10-22-39(45)40-23-11-15-27-46(40)56/h1-33H. The van der Waals surface area contributed by atoms with Crippen molar-refractivity contribution in [2.75, 3.05) is 0 Å². The van der Waals surface area contributed by atoms with E-state index in [1.807, 2.05) is 60.7 Å². The first kappa shape index (κ1) is 31.9. The lowest BCUT2D eigenvalue weighted by Crippen LogP contribution is -2.00. The maximum atomic E-state index is 5.01. The van der Waals surface area contributed by atoms with Crippen molar-refractivity contribution in [2.24, 2.45) is 0 Å². The average Bonchev–Trinajstić information content (AvgIpc) is 3.79. The quantitative estimate of drug-likeness (QED) is 0.172. The van der Waals surface area contributed by atoms with Crippen molar-refractivity contribution < 1.29 is 0 Å². The fourth-order valence-electron chi connectivity index (χ4n) is 8.19. The molecular weight excluding hydrogens is 683 g/mol. The molecule has 0 saturated heterocycles.